The molecule has 1 N–H and O–H groups in total. The Balaban J connectivity index is 1.61. The minimum atomic E-state index is -0.00170. The number of piperidine rings is 1. The van der Waals surface area contributed by atoms with E-state index in [9.17, 15) is 4.79 Å². The molecule has 0 radical (unpaired) electrons. The lowest BCUT2D eigenvalue weighted by Gasteiger charge is -2.44. The van der Waals surface area contributed by atoms with Crippen LogP contribution >= 0.6 is 0 Å². The predicted octanol–water partition coefficient (Wildman–Crippen LogP) is 1.99. The van der Waals surface area contributed by atoms with Gasteiger partial charge in [-0.25, -0.2) is 4.98 Å². The highest BCUT2D eigenvalue weighted by atomic mass is 16.2. The first kappa shape index (κ1) is 11.7. The quantitative estimate of drug-likeness (QED) is 0.826. The molecule has 2 fully saturated rings. The van der Waals surface area contributed by atoms with E-state index in [0.717, 1.165) is 25.9 Å². The zero-order valence-electron chi connectivity index (χ0n) is 10.7. The van der Waals surface area contributed by atoms with Crippen molar-refractivity contribution in [1.82, 2.24) is 20.1 Å². The summed E-state index contributed by atoms with van der Waals surface area (Å²) in [4.78, 5) is 18.0. The summed E-state index contributed by atoms with van der Waals surface area (Å²) < 4.78 is 0. The third-order valence-electron chi connectivity index (χ3n) is 4.64. The molecule has 2 heterocycles. The van der Waals surface area contributed by atoms with Gasteiger partial charge in [-0.2, -0.15) is 5.10 Å². The largest absolute Gasteiger partial charge is 0.336 e. The summed E-state index contributed by atoms with van der Waals surface area (Å²) in [5, 5.41) is 6.39. The van der Waals surface area contributed by atoms with Gasteiger partial charge in [-0.15, -0.1) is 0 Å². The Labute approximate surface area is 107 Å². The van der Waals surface area contributed by atoms with E-state index in [-0.39, 0.29) is 5.91 Å². The van der Waals surface area contributed by atoms with Gasteiger partial charge < -0.3 is 4.90 Å². The van der Waals surface area contributed by atoms with E-state index in [0.29, 0.717) is 11.2 Å². The second-order valence-corrected chi connectivity index (χ2v) is 5.69. The minimum absolute atomic E-state index is 0.00170. The molecule has 5 heteroatoms. The van der Waals surface area contributed by atoms with Crippen molar-refractivity contribution in [3.63, 3.8) is 0 Å². The summed E-state index contributed by atoms with van der Waals surface area (Å²) in [5.74, 6) is 0.368. The fourth-order valence-electron chi connectivity index (χ4n) is 3.44. The lowest BCUT2D eigenvalue weighted by Crippen LogP contribution is -2.44. The van der Waals surface area contributed by atoms with Crippen LogP contribution < -0.4 is 0 Å². The molecule has 0 unspecified atom stereocenters. The van der Waals surface area contributed by atoms with Crippen molar-refractivity contribution in [2.45, 2.75) is 44.9 Å². The number of amides is 1. The van der Waals surface area contributed by atoms with E-state index in [1.165, 1.54) is 38.4 Å². The van der Waals surface area contributed by atoms with Crippen LogP contribution in [0.1, 0.15) is 55.6 Å². The van der Waals surface area contributed by atoms with E-state index in [1.807, 2.05) is 4.90 Å². The molecule has 0 atom stereocenters. The molecule has 1 aliphatic heterocycles. The summed E-state index contributed by atoms with van der Waals surface area (Å²) >= 11 is 0. The van der Waals surface area contributed by atoms with Gasteiger partial charge in [0.15, 0.2) is 0 Å². The number of nitrogens with zero attached hydrogens (tertiary/aromatic N) is 3. The number of likely N-dealkylation sites (tertiary alicyclic amines) is 1. The van der Waals surface area contributed by atoms with Crippen LogP contribution in [0, 0.1) is 5.41 Å². The molecule has 1 saturated carbocycles. The molecule has 0 bridgehead atoms. The summed E-state index contributed by atoms with van der Waals surface area (Å²) in [6, 6.07) is 0. The molecule has 1 aromatic heterocycles. The van der Waals surface area contributed by atoms with Crippen molar-refractivity contribution in [3.8, 4) is 0 Å². The Kier molecular flexibility index (Phi) is 3.06. The zero-order valence-corrected chi connectivity index (χ0v) is 10.7. The van der Waals surface area contributed by atoms with E-state index in [1.54, 1.807) is 0 Å². The Hall–Kier alpha value is -1.39. The second kappa shape index (κ2) is 4.71. The molecular weight excluding hydrogens is 228 g/mol. The normalized spacial score (nSPS) is 23.2. The van der Waals surface area contributed by atoms with Crippen LogP contribution in [0.15, 0.2) is 6.33 Å². The van der Waals surface area contributed by atoms with E-state index in [4.69, 9.17) is 0 Å². The van der Waals surface area contributed by atoms with Gasteiger partial charge in [-0.05, 0) is 31.1 Å². The Morgan fingerprint density at radius 3 is 2.50 bits per heavy atom. The number of aromatic amines is 1. The van der Waals surface area contributed by atoms with Crippen molar-refractivity contribution in [2.75, 3.05) is 13.1 Å². The fraction of sp³-hybridized carbons (Fsp3) is 0.769. The molecule has 18 heavy (non-hydrogen) atoms. The molecule has 0 aromatic carbocycles. The summed E-state index contributed by atoms with van der Waals surface area (Å²) in [7, 11) is 0. The molecule has 1 aromatic rings. The van der Waals surface area contributed by atoms with E-state index in [2.05, 4.69) is 15.2 Å². The number of carbonyl (C=O) groups excluding carboxylic acids is 1. The zero-order chi connectivity index (χ0) is 12.4. The molecule has 98 valence electrons. The SMILES string of the molecule is O=C(c1ncn[nH]1)N1CCC2(CCCCC2)CC1. The van der Waals surface area contributed by atoms with Crippen LogP contribution in [0.5, 0.6) is 0 Å². The molecule has 1 aliphatic carbocycles. The maximum atomic E-state index is 12.1. The number of hydrogen-bond donors (Lipinski definition) is 1. The first-order valence-corrected chi connectivity index (χ1v) is 6.94. The van der Waals surface area contributed by atoms with Gasteiger partial charge in [0.05, 0.1) is 0 Å². The highest BCUT2D eigenvalue weighted by Gasteiger charge is 2.37. The monoisotopic (exact) mass is 248 g/mol. The van der Waals surface area contributed by atoms with Gasteiger partial charge in [0.25, 0.3) is 5.91 Å². The van der Waals surface area contributed by atoms with E-state index >= 15 is 0 Å². The molecule has 1 spiro atoms. The topological polar surface area (TPSA) is 61.9 Å². The van der Waals surface area contributed by atoms with Crippen LogP contribution in [0.4, 0.5) is 0 Å². The molecule has 5 nitrogen and oxygen atoms in total. The van der Waals surface area contributed by atoms with Crippen molar-refractivity contribution < 1.29 is 4.79 Å². The third kappa shape index (κ3) is 2.13. The van der Waals surface area contributed by atoms with Crippen molar-refractivity contribution in [1.29, 1.82) is 0 Å². The number of hydrogen-bond acceptors (Lipinski definition) is 3. The maximum Gasteiger partial charge on any atom is 0.291 e. The second-order valence-electron chi connectivity index (χ2n) is 5.69. The molecule has 3 rings (SSSR count). The number of nitrogens with one attached hydrogen (secondary N) is 1. The number of H-pyrrole nitrogens is 1. The van der Waals surface area contributed by atoms with Crippen LogP contribution in [0.25, 0.3) is 0 Å². The highest BCUT2D eigenvalue weighted by molar-refractivity contribution is 5.90. The molecule has 1 amide bonds. The highest BCUT2D eigenvalue weighted by Crippen LogP contribution is 2.44. The minimum Gasteiger partial charge on any atom is -0.336 e. The first-order valence-electron chi connectivity index (χ1n) is 6.94. The van der Waals surface area contributed by atoms with E-state index < -0.39 is 0 Å². The van der Waals surface area contributed by atoms with Crippen molar-refractivity contribution in [3.05, 3.63) is 12.2 Å². The molecule has 1 saturated heterocycles. The number of rotatable bonds is 1. The van der Waals surface area contributed by atoms with Gasteiger partial charge in [0, 0.05) is 13.1 Å². The smallest absolute Gasteiger partial charge is 0.291 e. The van der Waals surface area contributed by atoms with Crippen molar-refractivity contribution >= 4 is 5.91 Å². The van der Waals surface area contributed by atoms with Gasteiger partial charge in [-0.1, -0.05) is 19.3 Å². The van der Waals surface area contributed by atoms with Crippen LogP contribution in [0.3, 0.4) is 0 Å². The fourth-order valence-corrected chi connectivity index (χ4v) is 3.44. The Bertz CT molecular complexity index is 399. The molecular formula is C13H20N4O. The van der Waals surface area contributed by atoms with Gasteiger partial charge in [0.1, 0.15) is 6.33 Å². The average Bonchev–Trinajstić information content (AvgIpc) is 2.94. The summed E-state index contributed by atoms with van der Waals surface area (Å²) in [5.41, 5.74) is 0.538. The summed E-state index contributed by atoms with van der Waals surface area (Å²) in [6.45, 7) is 1.75. The number of carbonyl (C=O) groups is 1. The standard InChI is InChI=1S/C13H20N4O/c18-12(11-14-10-15-16-11)17-8-6-13(7-9-17)4-2-1-3-5-13/h10H,1-9H2,(H,14,15,16). The Morgan fingerprint density at radius 2 is 1.89 bits per heavy atom. The van der Waals surface area contributed by atoms with Crippen molar-refractivity contribution in [2.24, 2.45) is 5.41 Å². The molecule has 2 aliphatic rings. The maximum absolute atomic E-state index is 12.1. The Morgan fingerprint density at radius 1 is 1.17 bits per heavy atom. The van der Waals surface area contributed by atoms with Crippen LogP contribution in [0.2, 0.25) is 0 Å². The van der Waals surface area contributed by atoms with Gasteiger partial charge in [0.2, 0.25) is 5.82 Å². The van der Waals surface area contributed by atoms with Gasteiger partial charge in [-0.3, -0.25) is 9.89 Å². The average molecular weight is 248 g/mol. The van der Waals surface area contributed by atoms with Crippen LogP contribution in [-0.4, -0.2) is 39.1 Å². The number of aromatic nitrogens is 3. The third-order valence-corrected chi connectivity index (χ3v) is 4.64. The lowest BCUT2D eigenvalue weighted by atomic mass is 9.68. The first-order chi connectivity index (χ1) is 8.79. The predicted molar refractivity (Wildman–Crippen MR) is 67.0 cm³/mol. The summed E-state index contributed by atoms with van der Waals surface area (Å²) in [6.07, 6.45) is 10.6. The van der Waals surface area contributed by atoms with Crippen LogP contribution in [-0.2, 0) is 0 Å². The van der Waals surface area contributed by atoms with Gasteiger partial charge >= 0.3 is 0 Å². The lowest BCUT2D eigenvalue weighted by molar-refractivity contribution is 0.0462.